The van der Waals surface area contributed by atoms with Crippen LogP contribution in [0.2, 0.25) is 0 Å². The predicted molar refractivity (Wildman–Crippen MR) is 86.4 cm³/mol. The van der Waals surface area contributed by atoms with Crippen LogP contribution in [-0.2, 0) is 11.3 Å². The van der Waals surface area contributed by atoms with Gasteiger partial charge in [0.15, 0.2) is 0 Å². The van der Waals surface area contributed by atoms with E-state index in [-0.39, 0.29) is 11.5 Å². The van der Waals surface area contributed by atoms with Crippen molar-refractivity contribution in [3.8, 4) is 5.75 Å². The molecule has 0 saturated heterocycles. The number of amides is 1. The van der Waals surface area contributed by atoms with Gasteiger partial charge >= 0.3 is 5.97 Å². The van der Waals surface area contributed by atoms with Gasteiger partial charge in [0, 0.05) is 13.0 Å². The van der Waals surface area contributed by atoms with Crippen LogP contribution in [0.4, 0.5) is 0 Å². The molecular formula is C18H19NO4. The minimum absolute atomic E-state index is 0.0519. The van der Waals surface area contributed by atoms with Crippen molar-refractivity contribution in [1.29, 1.82) is 0 Å². The molecule has 5 nitrogen and oxygen atoms in total. The van der Waals surface area contributed by atoms with E-state index in [1.54, 1.807) is 12.1 Å². The molecule has 0 spiro atoms. The van der Waals surface area contributed by atoms with Crippen molar-refractivity contribution in [3.05, 3.63) is 65.7 Å². The quantitative estimate of drug-likeness (QED) is 0.735. The lowest BCUT2D eigenvalue weighted by Gasteiger charge is -2.07. The third-order valence-corrected chi connectivity index (χ3v) is 3.25. The molecule has 0 atom stereocenters. The fraction of sp³-hybridized carbons (Fsp3) is 0.222. The molecule has 0 heterocycles. The molecule has 0 radical (unpaired) electrons. The number of rotatable bonds is 8. The predicted octanol–water partition coefficient (Wildman–Crippen LogP) is 2.86. The zero-order valence-electron chi connectivity index (χ0n) is 12.7. The summed E-state index contributed by atoms with van der Waals surface area (Å²) in [7, 11) is 0. The summed E-state index contributed by atoms with van der Waals surface area (Å²) in [5.41, 5.74) is 1.10. The third-order valence-electron chi connectivity index (χ3n) is 3.25. The minimum atomic E-state index is -0.959. The first-order valence-electron chi connectivity index (χ1n) is 7.42. The number of aromatic carboxylic acids is 1. The number of carboxylic acid groups (broad SMARTS) is 1. The Morgan fingerprint density at radius 3 is 2.35 bits per heavy atom. The van der Waals surface area contributed by atoms with Gasteiger partial charge in [0.25, 0.3) is 0 Å². The molecule has 0 aliphatic carbocycles. The van der Waals surface area contributed by atoms with E-state index in [0.29, 0.717) is 26.0 Å². The van der Waals surface area contributed by atoms with Gasteiger partial charge in [0.05, 0.1) is 12.2 Å². The van der Waals surface area contributed by atoms with Gasteiger partial charge in [-0.3, -0.25) is 4.79 Å². The molecular weight excluding hydrogens is 294 g/mol. The molecule has 2 rings (SSSR count). The Kier molecular flexibility index (Phi) is 6.17. The molecule has 0 fully saturated rings. The summed E-state index contributed by atoms with van der Waals surface area (Å²) in [5.74, 6) is -0.214. The highest BCUT2D eigenvalue weighted by Crippen LogP contribution is 2.09. The summed E-state index contributed by atoms with van der Waals surface area (Å²) in [6, 6.07) is 15.9. The van der Waals surface area contributed by atoms with Crippen LogP contribution in [0.25, 0.3) is 0 Å². The van der Waals surface area contributed by atoms with E-state index in [4.69, 9.17) is 9.84 Å². The number of carbonyl (C=O) groups excluding carboxylic acids is 1. The number of nitrogens with one attached hydrogen (secondary N) is 1. The molecule has 0 aromatic heterocycles. The monoisotopic (exact) mass is 313 g/mol. The molecule has 0 bridgehead atoms. The maximum Gasteiger partial charge on any atom is 0.335 e. The average Bonchev–Trinajstić information content (AvgIpc) is 2.58. The van der Waals surface area contributed by atoms with E-state index in [1.807, 2.05) is 30.3 Å². The second kappa shape index (κ2) is 8.58. The standard InChI is InChI=1S/C18H19NO4/c20-17(7-4-12-23-16-5-2-1-3-6-16)19-13-14-8-10-15(11-9-14)18(21)22/h1-3,5-6,8-11H,4,7,12-13H2,(H,19,20)(H,21,22). The highest BCUT2D eigenvalue weighted by molar-refractivity contribution is 5.87. The second-order valence-electron chi connectivity index (χ2n) is 5.04. The molecule has 5 heteroatoms. The van der Waals surface area contributed by atoms with Crippen LogP contribution in [0.3, 0.4) is 0 Å². The van der Waals surface area contributed by atoms with Gasteiger partial charge in [0.1, 0.15) is 5.75 Å². The Bertz CT molecular complexity index is 638. The number of carboxylic acids is 1. The smallest absolute Gasteiger partial charge is 0.335 e. The average molecular weight is 313 g/mol. The van der Waals surface area contributed by atoms with Gasteiger partial charge in [0.2, 0.25) is 5.91 Å². The Hall–Kier alpha value is -2.82. The van der Waals surface area contributed by atoms with Crippen LogP contribution in [0.1, 0.15) is 28.8 Å². The fourth-order valence-electron chi connectivity index (χ4n) is 1.99. The number of hydrogen-bond donors (Lipinski definition) is 2. The number of hydrogen-bond acceptors (Lipinski definition) is 3. The van der Waals surface area contributed by atoms with E-state index >= 15 is 0 Å². The summed E-state index contributed by atoms with van der Waals surface area (Å²) in [5, 5.41) is 11.6. The first-order valence-corrected chi connectivity index (χ1v) is 7.42. The highest BCUT2D eigenvalue weighted by atomic mass is 16.5. The van der Waals surface area contributed by atoms with Crippen molar-refractivity contribution in [3.63, 3.8) is 0 Å². The zero-order chi connectivity index (χ0) is 16.5. The van der Waals surface area contributed by atoms with Crippen LogP contribution < -0.4 is 10.1 Å². The lowest BCUT2D eigenvalue weighted by Crippen LogP contribution is -2.23. The van der Waals surface area contributed by atoms with Crippen LogP contribution in [0, 0.1) is 0 Å². The minimum Gasteiger partial charge on any atom is -0.494 e. The number of carbonyl (C=O) groups is 2. The van der Waals surface area contributed by atoms with E-state index in [2.05, 4.69) is 5.32 Å². The Morgan fingerprint density at radius 2 is 1.70 bits per heavy atom. The molecule has 120 valence electrons. The van der Waals surface area contributed by atoms with E-state index in [9.17, 15) is 9.59 Å². The zero-order valence-corrected chi connectivity index (χ0v) is 12.7. The molecule has 0 unspecified atom stereocenters. The molecule has 0 aliphatic heterocycles. The van der Waals surface area contributed by atoms with Crippen molar-refractivity contribution >= 4 is 11.9 Å². The fourth-order valence-corrected chi connectivity index (χ4v) is 1.99. The van der Waals surface area contributed by atoms with Crippen molar-refractivity contribution in [2.24, 2.45) is 0 Å². The first-order chi connectivity index (χ1) is 11.1. The second-order valence-corrected chi connectivity index (χ2v) is 5.04. The Balaban J connectivity index is 1.64. The van der Waals surface area contributed by atoms with Crippen molar-refractivity contribution < 1.29 is 19.4 Å². The molecule has 23 heavy (non-hydrogen) atoms. The van der Waals surface area contributed by atoms with Crippen LogP contribution in [-0.4, -0.2) is 23.6 Å². The van der Waals surface area contributed by atoms with Gasteiger partial charge in [-0.25, -0.2) is 4.79 Å². The summed E-state index contributed by atoms with van der Waals surface area (Å²) in [4.78, 5) is 22.5. The van der Waals surface area contributed by atoms with Gasteiger partial charge in [-0.05, 0) is 36.2 Å². The van der Waals surface area contributed by atoms with Gasteiger partial charge in [-0.15, -0.1) is 0 Å². The normalized spacial score (nSPS) is 10.1. The highest BCUT2D eigenvalue weighted by Gasteiger charge is 2.04. The number of ether oxygens (including phenoxy) is 1. The number of benzene rings is 2. The van der Waals surface area contributed by atoms with Crippen LogP contribution in [0.5, 0.6) is 5.75 Å². The topological polar surface area (TPSA) is 75.6 Å². The lowest BCUT2D eigenvalue weighted by atomic mass is 10.1. The Morgan fingerprint density at radius 1 is 1.00 bits per heavy atom. The van der Waals surface area contributed by atoms with E-state index in [1.165, 1.54) is 12.1 Å². The molecule has 2 N–H and O–H groups in total. The summed E-state index contributed by atoms with van der Waals surface area (Å²) >= 11 is 0. The van der Waals surface area contributed by atoms with Crippen molar-refractivity contribution in [1.82, 2.24) is 5.32 Å². The lowest BCUT2D eigenvalue weighted by molar-refractivity contribution is -0.121. The molecule has 0 aliphatic rings. The summed E-state index contributed by atoms with van der Waals surface area (Å²) in [6.07, 6.45) is 1.03. The summed E-state index contributed by atoms with van der Waals surface area (Å²) < 4.78 is 5.52. The van der Waals surface area contributed by atoms with Gasteiger partial charge in [-0.1, -0.05) is 30.3 Å². The first kappa shape index (κ1) is 16.5. The van der Waals surface area contributed by atoms with Crippen molar-refractivity contribution in [2.75, 3.05) is 6.61 Å². The maximum absolute atomic E-state index is 11.7. The van der Waals surface area contributed by atoms with Gasteiger partial charge < -0.3 is 15.2 Å². The molecule has 0 saturated carbocycles. The van der Waals surface area contributed by atoms with E-state index < -0.39 is 5.97 Å². The largest absolute Gasteiger partial charge is 0.494 e. The summed E-state index contributed by atoms with van der Waals surface area (Å²) in [6.45, 7) is 0.878. The number of para-hydroxylation sites is 1. The Labute approximate surface area is 134 Å². The molecule has 1 amide bonds. The van der Waals surface area contributed by atoms with Crippen molar-refractivity contribution in [2.45, 2.75) is 19.4 Å². The molecule has 2 aromatic carbocycles. The molecule has 2 aromatic rings. The van der Waals surface area contributed by atoms with Crippen LogP contribution in [0.15, 0.2) is 54.6 Å². The van der Waals surface area contributed by atoms with Crippen LogP contribution >= 0.6 is 0 Å². The SMILES string of the molecule is O=C(CCCOc1ccccc1)NCc1ccc(C(=O)O)cc1. The maximum atomic E-state index is 11.7. The van der Waals surface area contributed by atoms with E-state index in [0.717, 1.165) is 11.3 Å². The van der Waals surface area contributed by atoms with Gasteiger partial charge in [-0.2, -0.15) is 0 Å². The third kappa shape index (κ3) is 5.82.